The van der Waals surface area contributed by atoms with E-state index in [1.54, 1.807) is 18.2 Å². The third-order valence-corrected chi connectivity index (χ3v) is 11.0. The third-order valence-electron chi connectivity index (χ3n) is 11.0. The fraction of sp³-hybridized carbons (Fsp3) is 0.395. The molecular weight excluding hydrogens is 836 g/mol. The normalized spacial score (nSPS) is 30.1. The fourth-order valence-corrected chi connectivity index (χ4v) is 7.50. The quantitative estimate of drug-likeness (QED) is 0.119. The Morgan fingerprint density at radius 1 is 0.587 bits per heavy atom. The molecule has 4 heterocycles. The van der Waals surface area contributed by atoms with Crippen molar-refractivity contribution in [2.75, 3.05) is 13.7 Å². The molecule has 11 N–H and O–H groups in total. The fourth-order valence-electron chi connectivity index (χ4n) is 7.50. The van der Waals surface area contributed by atoms with Gasteiger partial charge in [-0.2, -0.15) is 0 Å². The summed E-state index contributed by atoms with van der Waals surface area (Å²) < 4.78 is 38.8. The van der Waals surface area contributed by atoms with Gasteiger partial charge in [0, 0.05) is 24.3 Å². The van der Waals surface area contributed by atoms with Gasteiger partial charge in [0.05, 0.1) is 32.7 Å². The molecule has 0 unspecified atom stereocenters. The molecule has 338 valence electrons. The van der Waals surface area contributed by atoms with E-state index < -0.39 is 91.8 Å². The number of hydrogen-bond acceptors (Lipinski definition) is 20. The van der Waals surface area contributed by atoms with Crippen LogP contribution < -0.4 is 18.9 Å². The maximum atomic E-state index is 12.9. The van der Waals surface area contributed by atoms with E-state index in [0.29, 0.717) is 5.56 Å². The van der Waals surface area contributed by atoms with Crippen molar-refractivity contribution in [3.63, 3.8) is 0 Å². The molecule has 0 spiro atoms. The number of aromatic hydroxyl groups is 5. The molecule has 4 aromatic rings. The summed E-state index contributed by atoms with van der Waals surface area (Å²) >= 11 is 0. The zero-order valence-corrected chi connectivity index (χ0v) is 33.5. The third kappa shape index (κ3) is 9.39. The second kappa shape index (κ2) is 18.4. The van der Waals surface area contributed by atoms with Gasteiger partial charge in [0.2, 0.25) is 6.29 Å². The van der Waals surface area contributed by atoms with Crippen LogP contribution in [0.4, 0.5) is 0 Å². The van der Waals surface area contributed by atoms with E-state index in [4.69, 9.17) is 33.2 Å². The molecule has 0 radical (unpaired) electrons. The molecule has 4 aliphatic rings. The van der Waals surface area contributed by atoms with E-state index in [1.807, 2.05) is 0 Å². The summed E-state index contributed by atoms with van der Waals surface area (Å²) in [5.74, 6) is -1.40. The highest BCUT2D eigenvalue weighted by Crippen LogP contribution is 2.44. The van der Waals surface area contributed by atoms with Crippen LogP contribution in [0, 0.1) is 0 Å². The summed E-state index contributed by atoms with van der Waals surface area (Å²) in [6.45, 7) is 0.964. The average molecular weight is 883 g/mol. The minimum absolute atomic E-state index is 0.0457. The first-order chi connectivity index (χ1) is 29.9. The maximum absolute atomic E-state index is 12.9. The number of fused-ring (bicyclic) bond motifs is 2. The maximum Gasteiger partial charge on any atom is 0.229 e. The van der Waals surface area contributed by atoms with Gasteiger partial charge in [0.25, 0.3) is 0 Å². The Balaban J connectivity index is 0.000000247. The molecule has 2 fully saturated rings. The van der Waals surface area contributed by atoms with Crippen LogP contribution in [0.5, 0.6) is 51.7 Å². The first kappa shape index (κ1) is 45.1. The minimum Gasteiger partial charge on any atom is -0.508 e. The van der Waals surface area contributed by atoms with Gasteiger partial charge in [0.1, 0.15) is 106 Å². The summed E-state index contributed by atoms with van der Waals surface area (Å²) in [6.07, 6.45) is -16.3. The lowest BCUT2D eigenvalue weighted by molar-refractivity contribution is -0.318. The van der Waals surface area contributed by atoms with E-state index in [9.17, 15) is 65.8 Å². The second-order valence-corrected chi connectivity index (χ2v) is 15.3. The largest absolute Gasteiger partial charge is 0.508 e. The van der Waals surface area contributed by atoms with Crippen LogP contribution in [0.15, 0.2) is 66.7 Å². The Morgan fingerprint density at radius 2 is 1.16 bits per heavy atom. The van der Waals surface area contributed by atoms with Crippen LogP contribution >= 0.6 is 0 Å². The molecule has 0 amide bonds. The van der Waals surface area contributed by atoms with E-state index in [1.165, 1.54) is 50.4 Å². The molecule has 2 saturated heterocycles. The standard InChI is InChI=1S/C28H34O15.C15H12O5/c1-10-21(32)23(34)25(36)27(40-10)39-9-19-22(33)24(35)26(37)28(43-19)41-12-6-14(30)20-15(31)8-17(42-18(20)7-12)11-3-4-16(38-2)13(29)5-11;16-9-3-1-8(2-4-9)13-7-12(19)15-11(18)5-10(17)6-14(15)20-13/h3-7,10,17,19,21-30,32-37H,8-9H2,1-2H3;1-6,13,16-18H,7H2/t10-,17-,19+,21-,22+,23+,24-,25+,26+,27+,28+;13-/m00/s1. The van der Waals surface area contributed by atoms with E-state index in [-0.39, 0.29) is 75.7 Å². The van der Waals surface area contributed by atoms with Gasteiger partial charge in [-0.05, 0) is 42.3 Å². The van der Waals surface area contributed by atoms with E-state index >= 15 is 0 Å². The number of carbonyl (C=O) groups is 2. The van der Waals surface area contributed by atoms with E-state index in [0.717, 1.165) is 17.7 Å². The van der Waals surface area contributed by atoms with Gasteiger partial charge in [-0.15, -0.1) is 0 Å². The number of benzene rings is 4. The summed E-state index contributed by atoms with van der Waals surface area (Å²) in [4.78, 5) is 25.0. The topological polar surface area (TPSA) is 321 Å². The van der Waals surface area contributed by atoms with Crippen molar-refractivity contribution < 1.29 is 98.9 Å². The highest BCUT2D eigenvalue weighted by molar-refractivity contribution is 6.03. The lowest BCUT2D eigenvalue weighted by atomic mass is 9.95. The first-order valence-corrected chi connectivity index (χ1v) is 19.6. The predicted molar refractivity (Wildman–Crippen MR) is 211 cm³/mol. The highest BCUT2D eigenvalue weighted by Gasteiger charge is 2.47. The Morgan fingerprint density at radius 3 is 1.79 bits per heavy atom. The lowest BCUT2D eigenvalue weighted by Crippen LogP contribution is -2.61. The van der Waals surface area contributed by atoms with Crippen LogP contribution in [0.2, 0.25) is 0 Å². The number of phenols is 5. The molecule has 20 heteroatoms. The molecule has 20 nitrogen and oxygen atoms in total. The average Bonchev–Trinajstić information content (AvgIpc) is 3.24. The number of rotatable bonds is 8. The second-order valence-electron chi connectivity index (χ2n) is 15.3. The van der Waals surface area contributed by atoms with Crippen LogP contribution in [-0.2, 0) is 14.2 Å². The van der Waals surface area contributed by atoms with Gasteiger partial charge in [-0.1, -0.05) is 18.2 Å². The number of aliphatic hydroxyl groups is 6. The molecule has 63 heavy (non-hydrogen) atoms. The van der Waals surface area contributed by atoms with Crippen LogP contribution in [0.3, 0.4) is 0 Å². The van der Waals surface area contributed by atoms with Gasteiger partial charge >= 0.3 is 0 Å². The zero-order valence-electron chi connectivity index (χ0n) is 33.5. The van der Waals surface area contributed by atoms with Crippen molar-refractivity contribution >= 4 is 11.6 Å². The van der Waals surface area contributed by atoms with Crippen LogP contribution in [-0.4, -0.2) is 143 Å². The van der Waals surface area contributed by atoms with Crippen molar-refractivity contribution in [3.8, 4) is 51.7 Å². The SMILES string of the molecule is COc1ccc([C@@H]2CC(=O)c3c(O)cc(O[C@@H]4O[C@H](CO[C@@H]5O[C@@H](C)[C@H](O)[C@@H](O)[C@H]5O)[C@@H](O)[C@H](O)[C@H]4O)cc3O2)cc1O.O=C1C[C@@H](c2ccc(O)cc2)Oc2cc(O)cc(O)c21. The molecule has 4 aromatic carbocycles. The highest BCUT2D eigenvalue weighted by atomic mass is 16.7. The van der Waals surface area contributed by atoms with Gasteiger partial charge < -0.3 is 89.3 Å². The number of ether oxygens (including phenoxy) is 7. The Kier molecular flexibility index (Phi) is 13.2. The zero-order chi connectivity index (χ0) is 45.4. The smallest absolute Gasteiger partial charge is 0.229 e. The number of methoxy groups -OCH3 is 1. The van der Waals surface area contributed by atoms with Crippen LogP contribution in [0.25, 0.3) is 0 Å². The lowest BCUT2D eigenvalue weighted by Gasteiger charge is -2.42. The van der Waals surface area contributed by atoms with Crippen molar-refractivity contribution in [2.24, 2.45) is 0 Å². The van der Waals surface area contributed by atoms with Crippen molar-refractivity contribution in [2.45, 2.75) is 93.4 Å². The number of Topliss-reactive ketones (excluding diaryl/α,β-unsaturated/α-hetero) is 2. The number of phenolic OH excluding ortho intramolecular Hbond substituents is 5. The Bertz CT molecular complexity index is 2300. The summed E-state index contributed by atoms with van der Waals surface area (Å²) in [6, 6.07) is 15.7. The first-order valence-electron chi connectivity index (χ1n) is 19.6. The summed E-state index contributed by atoms with van der Waals surface area (Å²) in [5, 5.41) is 111. The molecule has 0 aromatic heterocycles. The van der Waals surface area contributed by atoms with Crippen molar-refractivity contribution in [1.29, 1.82) is 0 Å². The molecule has 8 rings (SSSR count). The van der Waals surface area contributed by atoms with Gasteiger partial charge in [-0.25, -0.2) is 0 Å². The minimum atomic E-state index is -1.77. The van der Waals surface area contributed by atoms with Gasteiger partial charge in [0.15, 0.2) is 29.4 Å². The predicted octanol–water partition coefficient (Wildman–Crippen LogP) is 1.35. The Hall–Kier alpha value is -5.94. The van der Waals surface area contributed by atoms with Crippen LogP contribution in [0.1, 0.15) is 63.8 Å². The molecular formula is C43H46O20. The molecule has 4 aliphatic heterocycles. The number of ketones is 2. The number of aliphatic hydroxyl groups excluding tert-OH is 6. The number of hydrogen-bond donors (Lipinski definition) is 11. The van der Waals surface area contributed by atoms with Gasteiger partial charge in [-0.3, -0.25) is 9.59 Å². The summed E-state index contributed by atoms with van der Waals surface area (Å²) in [5.41, 5.74) is 1.21. The monoisotopic (exact) mass is 882 g/mol. The van der Waals surface area contributed by atoms with E-state index in [2.05, 4.69) is 0 Å². The molecule has 12 atom stereocenters. The van der Waals surface area contributed by atoms with Crippen molar-refractivity contribution in [3.05, 3.63) is 89.0 Å². The van der Waals surface area contributed by atoms with Crippen molar-refractivity contribution in [1.82, 2.24) is 0 Å². The number of carbonyl (C=O) groups excluding carboxylic acids is 2. The molecule has 0 aliphatic carbocycles. The molecule has 0 saturated carbocycles. The molecule has 0 bridgehead atoms. The Labute approximate surface area is 357 Å². The summed E-state index contributed by atoms with van der Waals surface area (Å²) in [7, 11) is 1.39.